The van der Waals surface area contributed by atoms with E-state index >= 15 is 0 Å². The van der Waals surface area contributed by atoms with Crippen LogP contribution in [0.5, 0.6) is 5.75 Å². The number of amides is 1. The first-order valence-electron chi connectivity index (χ1n) is 7.21. The molecule has 2 rings (SSSR count). The lowest BCUT2D eigenvalue weighted by Gasteiger charge is -2.16. The fraction of sp³-hybridized carbons (Fsp3) is 0.533. The third kappa shape index (κ3) is 3.91. The second kappa shape index (κ2) is 6.56. The van der Waals surface area contributed by atoms with Crippen LogP contribution in [0.25, 0.3) is 0 Å². The van der Waals surface area contributed by atoms with Crippen LogP contribution in [0.3, 0.4) is 0 Å². The van der Waals surface area contributed by atoms with Gasteiger partial charge in [-0.1, -0.05) is 0 Å². The molecule has 1 aromatic carbocycles. The lowest BCUT2D eigenvalue weighted by Crippen LogP contribution is -2.23. The van der Waals surface area contributed by atoms with Gasteiger partial charge in [0.1, 0.15) is 5.75 Å². The normalized spacial score (nSPS) is 21.7. The van der Waals surface area contributed by atoms with Gasteiger partial charge in [-0.2, -0.15) is 13.2 Å². The molecule has 122 valence electrons. The monoisotopic (exact) mass is 316 g/mol. The van der Waals surface area contributed by atoms with Gasteiger partial charge in [0.15, 0.2) is 0 Å². The summed E-state index contributed by atoms with van der Waals surface area (Å²) in [6.07, 6.45) is -2.52. The molecule has 1 amide bonds. The van der Waals surface area contributed by atoms with Crippen LogP contribution in [-0.4, -0.2) is 18.6 Å². The topological polar surface area (TPSA) is 64.3 Å². The second-order valence-corrected chi connectivity index (χ2v) is 5.40. The molecule has 0 heterocycles. The van der Waals surface area contributed by atoms with E-state index < -0.39 is 11.7 Å². The van der Waals surface area contributed by atoms with E-state index in [1.165, 1.54) is 6.07 Å². The molecule has 7 heteroatoms. The summed E-state index contributed by atoms with van der Waals surface area (Å²) in [7, 11) is 0. The van der Waals surface area contributed by atoms with Gasteiger partial charge in [-0.05, 0) is 44.4 Å². The standard InChI is InChI=1S/C15H19F3N2O2/c1-2-22-13-6-4-10(15(16,17)18)8-12(13)20-14(21)9-3-5-11(19)7-9/h4,6,8-9,11H,2-3,5,7,19H2,1H3,(H,20,21). The minimum Gasteiger partial charge on any atom is -0.492 e. The van der Waals surface area contributed by atoms with Crippen LogP contribution in [-0.2, 0) is 11.0 Å². The number of halogens is 3. The van der Waals surface area contributed by atoms with Gasteiger partial charge in [0, 0.05) is 12.0 Å². The summed E-state index contributed by atoms with van der Waals surface area (Å²) in [5, 5.41) is 2.55. The summed E-state index contributed by atoms with van der Waals surface area (Å²) < 4.78 is 43.7. The lowest BCUT2D eigenvalue weighted by atomic mass is 10.1. The smallest absolute Gasteiger partial charge is 0.416 e. The molecular formula is C15H19F3N2O2. The van der Waals surface area contributed by atoms with Crippen molar-refractivity contribution in [2.45, 2.75) is 38.4 Å². The number of alkyl halides is 3. The van der Waals surface area contributed by atoms with E-state index in [1.807, 2.05) is 0 Å². The van der Waals surface area contributed by atoms with E-state index in [9.17, 15) is 18.0 Å². The van der Waals surface area contributed by atoms with Gasteiger partial charge in [-0.3, -0.25) is 4.79 Å². The lowest BCUT2D eigenvalue weighted by molar-refractivity contribution is -0.137. The van der Waals surface area contributed by atoms with Crippen molar-refractivity contribution in [1.82, 2.24) is 0 Å². The molecule has 1 aliphatic carbocycles. The molecule has 0 radical (unpaired) electrons. The van der Waals surface area contributed by atoms with Crippen molar-refractivity contribution in [3.8, 4) is 5.75 Å². The fourth-order valence-corrected chi connectivity index (χ4v) is 2.57. The van der Waals surface area contributed by atoms with Crippen LogP contribution in [0.1, 0.15) is 31.7 Å². The summed E-state index contributed by atoms with van der Waals surface area (Å²) in [5.41, 5.74) is 4.98. The highest BCUT2D eigenvalue weighted by Gasteiger charge is 2.32. The van der Waals surface area contributed by atoms with Crippen molar-refractivity contribution < 1.29 is 22.7 Å². The van der Waals surface area contributed by atoms with E-state index in [-0.39, 0.29) is 29.3 Å². The van der Waals surface area contributed by atoms with Crippen molar-refractivity contribution in [2.24, 2.45) is 11.7 Å². The van der Waals surface area contributed by atoms with Crippen molar-refractivity contribution in [3.05, 3.63) is 23.8 Å². The largest absolute Gasteiger partial charge is 0.492 e. The Labute approximate surface area is 126 Å². The first kappa shape index (κ1) is 16.6. The van der Waals surface area contributed by atoms with Gasteiger partial charge >= 0.3 is 6.18 Å². The van der Waals surface area contributed by atoms with Gasteiger partial charge < -0.3 is 15.8 Å². The molecule has 1 aromatic rings. The van der Waals surface area contributed by atoms with Crippen LogP contribution >= 0.6 is 0 Å². The number of carbonyl (C=O) groups is 1. The van der Waals surface area contributed by atoms with Crippen LogP contribution in [0, 0.1) is 5.92 Å². The minimum atomic E-state index is -4.47. The molecule has 1 aliphatic rings. The fourth-order valence-electron chi connectivity index (χ4n) is 2.57. The summed E-state index contributed by atoms with van der Waals surface area (Å²) in [6, 6.07) is 3.04. The van der Waals surface area contributed by atoms with E-state index in [4.69, 9.17) is 10.5 Å². The van der Waals surface area contributed by atoms with Crippen molar-refractivity contribution in [3.63, 3.8) is 0 Å². The van der Waals surface area contributed by atoms with Gasteiger partial charge in [0.2, 0.25) is 5.91 Å². The zero-order valence-electron chi connectivity index (χ0n) is 12.2. The second-order valence-electron chi connectivity index (χ2n) is 5.40. The van der Waals surface area contributed by atoms with Gasteiger partial charge in [0.05, 0.1) is 17.9 Å². The number of benzene rings is 1. The molecule has 0 spiro atoms. The van der Waals surface area contributed by atoms with Crippen molar-refractivity contribution in [1.29, 1.82) is 0 Å². The van der Waals surface area contributed by atoms with Crippen LogP contribution in [0.4, 0.5) is 18.9 Å². The molecule has 1 fully saturated rings. The molecule has 0 saturated heterocycles. The maximum atomic E-state index is 12.8. The van der Waals surface area contributed by atoms with E-state index in [0.29, 0.717) is 19.4 Å². The number of anilines is 1. The third-order valence-corrected chi connectivity index (χ3v) is 3.71. The summed E-state index contributed by atoms with van der Waals surface area (Å²) in [6.45, 7) is 2.02. The number of ether oxygens (including phenoxy) is 1. The Balaban J connectivity index is 2.21. The predicted octanol–water partition coefficient (Wildman–Crippen LogP) is 3.17. The highest BCUT2D eigenvalue weighted by Crippen LogP contribution is 2.36. The molecule has 1 saturated carbocycles. The minimum absolute atomic E-state index is 0.0244. The Morgan fingerprint density at radius 1 is 1.41 bits per heavy atom. The maximum absolute atomic E-state index is 12.8. The number of carbonyl (C=O) groups excluding carboxylic acids is 1. The quantitative estimate of drug-likeness (QED) is 0.897. The maximum Gasteiger partial charge on any atom is 0.416 e. The molecule has 0 aliphatic heterocycles. The van der Waals surface area contributed by atoms with Crippen molar-refractivity contribution >= 4 is 11.6 Å². The van der Waals surface area contributed by atoms with Crippen LogP contribution < -0.4 is 15.8 Å². The molecule has 0 aromatic heterocycles. The number of nitrogens with two attached hydrogens (primary N) is 1. The van der Waals surface area contributed by atoms with E-state index in [1.54, 1.807) is 6.92 Å². The number of hydrogen-bond acceptors (Lipinski definition) is 3. The molecule has 3 N–H and O–H groups in total. The highest BCUT2D eigenvalue weighted by atomic mass is 19.4. The Morgan fingerprint density at radius 3 is 2.68 bits per heavy atom. The zero-order chi connectivity index (χ0) is 16.3. The molecule has 22 heavy (non-hydrogen) atoms. The van der Waals surface area contributed by atoms with Gasteiger partial charge in [0.25, 0.3) is 0 Å². The predicted molar refractivity (Wildman–Crippen MR) is 76.6 cm³/mol. The SMILES string of the molecule is CCOc1ccc(C(F)(F)F)cc1NC(=O)C1CCC(N)C1. The Kier molecular flexibility index (Phi) is 4.95. The molecule has 2 unspecified atom stereocenters. The van der Waals surface area contributed by atoms with Crippen LogP contribution in [0.2, 0.25) is 0 Å². The Hall–Kier alpha value is -1.76. The third-order valence-electron chi connectivity index (χ3n) is 3.71. The molecule has 4 nitrogen and oxygen atoms in total. The average Bonchev–Trinajstić information content (AvgIpc) is 2.86. The summed E-state index contributed by atoms with van der Waals surface area (Å²) in [5.74, 6) is -0.349. The zero-order valence-corrected chi connectivity index (χ0v) is 12.2. The summed E-state index contributed by atoms with van der Waals surface area (Å²) in [4.78, 5) is 12.2. The van der Waals surface area contributed by atoms with Crippen LogP contribution in [0.15, 0.2) is 18.2 Å². The van der Waals surface area contributed by atoms with E-state index in [0.717, 1.165) is 18.6 Å². The molecule has 0 bridgehead atoms. The highest BCUT2D eigenvalue weighted by molar-refractivity contribution is 5.94. The first-order chi connectivity index (χ1) is 10.3. The first-order valence-corrected chi connectivity index (χ1v) is 7.21. The van der Waals surface area contributed by atoms with Gasteiger partial charge in [-0.25, -0.2) is 0 Å². The molecular weight excluding hydrogens is 297 g/mol. The van der Waals surface area contributed by atoms with Gasteiger partial charge in [-0.15, -0.1) is 0 Å². The number of rotatable bonds is 4. The van der Waals surface area contributed by atoms with E-state index in [2.05, 4.69) is 5.32 Å². The number of hydrogen-bond donors (Lipinski definition) is 2. The Morgan fingerprint density at radius 2 is 2.14 bits per heavy atom. The number of nitrogens with one attached hydrogen (secondary N) is 1. The molecule has 2 atom stereocenters. The average molecular weight is 316 g/mol. The van der Waals surface area contributed by atoms with Crippen molar-refractivity contribution in [2.75, 3.05) is 11.9 Å². The summed E-state index contributed by atoms with van der Waals surface area (Å²) >= 11 is 0. The Bertz CT molecular complexity index is 546.